The van der Waals surface area contributed by atoms with E-state index in [2.05, 4.69) is 15.4 Å². The van der Waals surface area contributed by atoms with Crippen molar-refractivity contribution in [2.45, 2.75) is 12.8 Å². The van der Waals surface area contributed by atoms with Gasteiger partial charge in [-0.2, -0.15) is 0 Å². The molecule has 142 valence electrons. The van der Waals surface area contributed by atoms with Gasteiger partial charge < -0.3 is 20.1 Å². The molecule has 0 radical (unpaired) electrons. The molecule has 7 nitrogen and oxygen atoms in total. The van der Waals surface area contributed by atoms with Gasteiger partial charge in [-0.05, 0) is 30.7 Å². The summed E-state index contributed by atoms with van der Waals surface area (Å²) in [5.41, 5.74) is 1.15. The van der Waals surface area contributed by atoms with Crippen molar-refractivity contribution < 1.29 is 23.9 Å². The number of carbonyl (C=O) groups excluding carboxylic acids is 3. The number of rotatable bonds is 9. The van der Waals surface area contributed by atoms with Gasteiger partial charge in [0, 0.05) is 30.3 Å². The third-order valence-corrected chi connectivity index (χ3v) is 3.60. The second-order valence-corrected chi connectivity index (χ2v) is 5.67. The average molecular weight is 370 g/mol. The van der Waals surface area contributed by atoms with Crippen LogP contribution in [0.1, 0.15) is 23.2 Å². The molecule has 0 bridgehead atoms. The zero-order chi connectivity index (χ0) is 19.5. The Morgan fingerprint density at radius 2 is 1.78 bits per heavy atom. The fraction of sp³-hybridized carbons (Fsp3) is 0.250. The first-order valence-electron chi connectivity index (χ1n) is 8.51. The number of benzene rings is 2. The zero-order valence-electron chi connectivity index (χ0n) is 15.1. The molecule has 0 aliphatic rings. The molecular weight excluding hydrogens is 348 g/mol. The van der Waals surface area contributed by atoms with Crippen molar-refractivity contribution in [2.24, 2.45) is 0 Å². The second kappa shape index (κ2) is 10.6. The van der Waals surface area contributed by atoms with E-state index < -0.39 is 5.97 Å². The Morgan fingerprint density at radius 3 is 2.52 bits per heavy atom. The maximum Gasteiger partial charge on any atom is 0.343 e. The van der Waals surface area contributed by atoms with Gasteiger partial charge in [-0.25, -0.2) is 4.79 Å². The molecule has 0 saturated heterocycles. The van der Waals surface area contributed by atoms with Crippen molar-refractivity contribution in [2.75, 3.05) is 25.6 Å². The van der Waals surface area contributed by atoms with E-state index in [0.717, 1.165) is 0 Å². The highest BCUT2D eigenvalue weighted by atomic mass is 16.6. The summed E-state index contributed by atoms with van der Waals surface area (Å²) in [6.45, 7) is 0.207. The highest BCUT2D eigenvalue weighted by Crippen LogP contribution is 2.17. The largest absolute Gasteiger partial charge is 0.482 e. The minimum atomic E-state index is -0.484. The van der Waals surface area contributed by atoms with Gasteiger partial charge in [0.05, 0.1) is 7.11 Å². The molecule has 0 heterocycles. The number of anilines is 1. The molecular formula is C20H22N2O5. The van der Waals surface area contributed by atoms with Crippen LogP contribution in [0, 0.1) is 0 Å². The van der Waals surface area contributed by atoms with E-state index in [1.807, 2.05) is 6.07 Å². The smallest absolute Gasteiger partial charge is 0.343 e. The number of ether oxygens (including phenoxy) is 2. The lowest BCUT2D eigenvalue weighted by Crippen LogP contribution is -2.25. The summed E-state index contributed by atoms with van der Waals surface area (Å²) in [5.74, 6) is -0.365. The van der Waals surface area contributed by atoms with E-state index in [0.29, 0.717) is 30.0 Å². The first-order valence-corrected chi connectivity index (χ1v) is 8.51. The quantitative estimate of drug-likeness (QED) is 0.522. The van der Waals surface area contributed by atoms with Gasteiger partial charge in [-0.15, -0.1) is 0 Å². The molecule has 2 N–H and O–H groups in total. The topological polar surface area (TPSA) is 93.7 Å². The molecule has 0 atom stereocenters. The summed E-state index contributed by atoms with van der Waals surface area (Å²) in [4.78, 5) is 35.0. The predicted molar refractivity (Wildman–Crippen MR) is 101 cm³/mol. The third kappa shape index (κ3) is 7.19. The molecule has 0 aliphatic carbocycles. The van der Waals surface area contributed by atoms with Crippen LogP contribution < -0.4 is 15.4 Å². The van der Waals surface area contributed by atoms with Crippen LogP contribution in [0.5, 0.6) is 5.75 Å². The van der Waals surface area contributed by atoms with Crippen LogP contribution in [0.3, 0.4) is 0 Å². The maximum atomic E-state index is 12.0. The molecule has 2 aromatic rings. The van der Waals surface area contributed by atoms with Crippen molar-refractivity contribution >= 4 is 23.5 Å². The summed E-state index contributed by atoms with van der Waals surface area (Å²) < 4.78 is 9.78. The van der Waals surface area contributed by atoms with E-state index in [9.17, 15) is 14.4 Å². The first kappa shape index (κ1) is 20.0. The molecule has 2 rings (SSSR count). The summed E-state index contributed by atoms with van der Waals surface area (Å²) >= 11 is 0. The number of hydrogen-bond acceptors (Lipinski definition) is 5. The molecule has 2 amide bonds. The molecule has 0 spiro atoms. The van der Waals surface area contributed by atoms with Crippen LogP contribution >= 0.6 is 0 Å². The molecule has 27 heavy (non-hydrogen) atoms. The first-order chi connectivity index (χ1) is 13.1. The number of esters is 1. The Balaban J connectivity index is 1.71. The van der Waals surface area contributed by atoms with Crippen LogP contribution in [0.2, 0.25) is 0 Å². The van der Waals surface area contributed by atoms with Crippen molar-refractivity contribution in [3.8, 4) is 5.75 Å². The lowest BCUT2D eigenvalue weighted by atomic mass is 10.2. The molecule has 0 aliphatic heterocycles. The number of amides is 2. The Labute approximate surface area is 157 Å². The summed E-state index contributed by atoms with van der Waals surface area (Å²) in [7, 11) is 1.28. The number of hydrogen-bond donors (Lipinski definition) is 2. The molecule has 2 aromatic carbocycles. The lowest BCUT2D eigenvalue weighted by Gasteiger charge is -2.09. The number of carbonyl (C=O) groups is 3. The van der Waals surface area contributed by atoms with Crippen LogP contribution in [0.25, 0.3) is 0 Å². The SMILES string of the molecule is COC(=O)COc1cccc(NC(=O)CCCNC(=O)c2ccccc2)c1. The van der Waals surface area contributed by atoms with Crippen molar-refractivity contribution in [3.63, 3.8) is 0 Å². The molecule has 0 fully saturated rings. The average Bonchev–Trinajstić information content (AvgIpc) is 2.70. The summed E-state index contributed by atoms with van der Waals surface area (Å²) in [5, 5.41) is 5.53. The van der Waals surface area contributed by atoms with Gasteiger partial charge >= 0.3 is 5.97 Å². The normalized spacial score (nSPS) is 9.96. The Kier molecular flexibility index (Phi) is 7.84. The van der Waals surface area contributed by atoms with Gasteiger partial charge in [0.25, 0.3) is 5.91 Å². The maximum absolute atomic E-state index is 12.0. The standard InChI is InChI=1S/C20H22N2O5/c1-26-19(24)14-27-17-10-5-9-16(13-17)22-18(23)11-6-12-21-20(25)15-7-3-2-4-8-15/h2-5,7-10,13H,6,11-12,14H2,1H3,(H,21,25)(H,22,23). The minimum absolute atomic E-state index is 0.161. The van der Waals surface area contributed by atoms with E-state index in [1.54, 1.807) is 48.5 Å². The van der Waals surface area contributed by atoms with Crippen LogP contribution in [0.15, 0.2) is 54.6 Å². The minimum Gasteiger partial charge on any atom is -0.482 e. The van der Waals surface area contributed by atoms with Gasteiger partial charge in [0.1, 0.15) is 5.75 Å². The predicted octanol–water partition coefficient (Wildman–Crippen LogP) is 2.39. The van der Waals surface area contributed by atoms with Crippen molar-refractivity contribution in [3.05, 3.63) is 60.2 Å². The number of methoxy groups -OCH3 is 1. The van der Waals surface area contributed by atoms with E-state index in [-0.39, 0.29) is 24.8 Å². The highest BCUT2D eigenvalue weighted by Gasteiger charge is 2.07. The Bertz CT molecular complexity index is 777. The fourth-order valence-corrected chi connectivity index (χ4v) is 2.23. The Hall–Kier alpha value is -3.35. The van der Waals surface area contributed by atoms with Crippen LogP contribution in [-0.2, 0) is 14.3 Å². The van der Waals surface area contributed by atoms with Crippen LogP contribution in [-0.4, -0.2) is 38.0 Å². The monoisotopic (exact) mass is 370 g/mol. The molecule has 0 unspecified atom stereocenters. The fourth-order valence-electron chi connectivity index (χ4n) is 2.23. The molecule has 0 saturated carbocycles. The molecule has 0 aromatic heterocycles. The van der Waals surface area contributed by atoms with Crippen molar-refractivity contribution in [1.29, 1.82) is 0 Å². The highest BCUT2D eigenvalue weighted by molar-refractivity contribution is 5.94. The van der Waals surface area contributed by atoms with E-state index in [1.165, 1.54) is 7.11 Å². The van der Waals surface area contributed by atoms with Gasteiger partial charge in [0.2, 0.25) is 5.91 Å². The van der Waals surface area contributed by atoms with Gasteiger partial charge in [-0.1, -0.05) is 24.3 Å². The van der Waals surface area contributed by atoms with E-state index in [4.69, 9.17) is 4.74 Å². The lowest BCUT2D eigenvalue weighted by molar-refractivity contribution is -0.142. The Morgan fingerprint density at radius 1 is 1.00 bits per heavy atom. The van der Waals surface area contributed by atoms with E-state index >= 15 is 0 Å². The van der Waals surface area contributed by atoms with Crippen molar-refractivity contribution in [1.82, 2.24) is 5.32 Å². The van der Waals surface area contributed by atoms with Gasteiger partial charge in [-0.3, -0.25) is 9.59 Å². The number of nitrogens with one attached hydrogen (secondary N) is 2. The summed E-state index contributed by atoms with van der Waals surface area (Å²) in [6.07, 6.45) is 0.783. The second-order valence-electron chi connectivity index (χ2n) is 5.67. The summed E-state index contributed by atoms with van der Waals surface area (Å²) in [6, 6.07) is 15.6. The van der Waals surface area contributed by atoms with Crippen LogP contribution in [0.4, 0.5) is 5.69 Å². The third-order valence-electron chi connectivity index (χ3n) is 3.60. The molecule has 7 heteroatoms. The van der Waals surface area contributed by atoms with Gasteiger partial charge in [0.15, 0.2) is 6.61 Å². The zero-order valence-corrected chi connectivity index (χ0v) is 15.1.